The number of oxazole rings is 1. The van der Waals surface area contributed by atoms with Crippen molar-refractivity contribution in [2.45, 2.75) is 13.5 Å². The molecule has 5 nitrogen and oxygen atoms in total. The van der Waals surface area contributed by atoms with Gasteiger partial charge in [-0.1, -0.05) is 0 Å². The van der Waals surface area contributed by atoms with Crippen LogP contribution in [0.4, 0.5) is 5.69 Å². The van der Waals surface area contributed by atoms with Gasteiger partial charge in [0.25, 0.3) is 0 Å². The Bertz CT molecular complexity index is 683. The van der Waals surface area contributed by atoms with Crippen LogP contribution in [0.5, 0.6) is 0 Å². The standard InChI is InChI=1S/C15H16N4O/c1-11-13(8-18-19(11)2)7-17-14-5-3-12(4-6-14)15-9-16-10-20-15/h3-6,8-10,17H,7H2,1-2H3. The van der Waals surface area contributed by atoms with Gasteiger partial charge in [0.1, 0.15) is 0 Å². The second kappa shape index (κ2) is 5.21. The molecule has 0 aliphatic heterocycles. The molecule has 3 aromatic rings. The number of hydrogen-bond donors (Lipinski definition) is 1. The summed E-state index contributed by atoms with van der Waals surface area (Å²) in [4.78, 5) is 3.92. The largest absolute Gasteiger partial charge is 0.444 e. The molecule has 0 saturated heterocycles. The zero-order valence-corrected chi connectivity index (χ0v) is 11.5. The van der Waals surface area contributed by atoms with Crippen LogP contribution >= 0.6 is 0 Å². The van der Waals surface area contributed by atoms with Crippen molar-refractivity contribution in [3.63, 3.8) is 0 Å². The van der Waals surface area contributed by atoms with Crippen molar-refractivity contribution in [1.29, 1.82) is 0 Å². The molecule has 0 amide bonds. The first kappa shape index (κ1) is 12.5. The van der Waals surface area contributed by atoms with Crippen molar-refractivity contribution >= 4 is 5.69 Å². The average molecular weight is 268 g/mol. The average Bonchev–Trinajstić information content (AvgIpc) is 3.10. The summed E-state index contributed by atoms with van der Waals surface area (Å²) in [6.45, 7) is 2.83. The number of benzene rings is 1. The Morgan fingerprint density at radius 2 is 2.00 bits per heavy atom. The van der Waals surface area contributed by atoms with Crippen LogP contribution in [0, 0.1) is 6.92 Å². The number of aromatic nitrogens is 3. The second-order valence-corrected chi connectivity index (χ2v) is 4.68. The van der Waals surface area contributed by atoms with Gasteiger partial charge in [-0.2, -0.15) is 5.10 Å². The van der Waals surface area contributed by atoms with Crippen molar-refractivity contribution < 1.29 is 4.42 Å². The van der Waals surface area contributed by atoms with Gasteiger partial charge in [-0.25, -0.2) is 4.98 Å². The third-order valence-electron chi connectivity index (χ3n) is 3.42. The van der Waals surface area contributed by atoms with E-state index in [1.807, 2.05) is 42.2 Å². The molecule has 20 heavy (non-hydrogen) atoms. The van der Waals surface area contributed by atoms with Gasteiger partial charge in [0, 0.05) is 36.1 Å². The van der Waals surface area contributed by atoms with Crippen LogP contribution in [-0.4, -0.2) is 14.8 Å². The summed E-state index contributed by atoms with van der Waals surface area (Å²) < 4.78 is 7.14. The van der Waals surface area contributed by atoms with E-state index in [2.05, 4.69) is 22.3 Å². The predicted molar refractivity (Wildman–Crippen MR) is 77.2 cm³/mol. The van der Waals surface area contributed by atoms with E-state index in [0.717, 1.165) is 23.6 Å². The van der Waals surface area contributed by atoms with Crippen LogP contribution in [0.2, 0.25) is 0 Å². The molecule has 102 valence electrons. The number of nitrogens with one attached hydrogen (secondary N) is 1. The molecule has 0 atom stereocenters. The molecule has 0 spiro atoms. The molecule has 3 rings (SSSR count). The predicted octanol–water partition coefficient (Wildman–Crippen LogP) is 3.00. The van der Waals surface area contributed by atoms with Crippen molar-refractivity contribution in [2.24, 2.45) is 7.05 Å². The molecule has 0 saturated carbocycles. The Morgan fingerprint density at radius 1 is 1.20 bits per heavy atom. The first-order chi connectivity index (χ1) is 9.74. The normalized spacial score (nSPS) is 10.7. The summed E-state index contributed by atoms with van der Waals surface area (Å²) in [5.74, 6) is 0.777. The van der Waals surface area contributed by atoms with E-state index in [1.54, 1.807) is 6.20 Å². The van der Waals surface area contributed by atoms with Gasteiger partial charge in [-0.05, 0) is 31.2 Å². The van der Waals surface area contributed by atoms with Crippen LogP contribution in [0.15, 0.2) is 47.5 Å². The summed E-state index contributed by atoms with van der Waals surface area (Å²) in [5.41, 5.74) is 4.46. The Kier molecular flexibility index (Phi) is 3.25. The van der Waals surface area contributed by atoms with E-state index in [-0.39, 0.29) is 0 Å². The van der Waals surface area contributed by atoms with Gasteiger partial charge < -0.3 is 9.73 Å². The van der Waals surface area contributed by atoms with Gasteiger partial charge in [0.15, 0.2) is 12.2 Å². The Morgan fingerprint density at radius 3 is 2.60 bits per heavy atom. The lowest BCUT2D eigenvalue weighted by molar-refractivity contribution is 0.572. The van der Waals surface area contributed by atoms with Gasteiger partial charge in [-0.3, -0.25) is 4.68 Å². The highest BCUT2D eigenvalue weighted by Gasteiger charge is 2.04. The molecular weight excluding hydrogens is 252 g/mol. The van der Waals surface area contributed by atoms with Crippen LogP contribution in [-0.2, 0) is 13.6 Å². The molecule has 2 heterocycles. The highest BCUT2D eigenvalue weighted by atomic mass is 16.3. The second-order valence-electron chi connectivity index (χ2n) is 4.68. The molecule has 0 fully saturated rings. The highest BCUT2D eigenvalue weighted by Crippen LogP contribution is 2.21. The number of nitrogens with zero attached hydrogens (tertiary/aromatic N) is 3. The maximum Gasteiger partial charge on any atom is 0.181 e. The van der Waals surface area contributed by atoms with Crippen LogP contribution in [0.1, 0.15) is 11.3 Å². The van der Waals surface area contributed by atoms with Gasteiger partial charge in [0.2, 0.25) is 0 Å². The fraction of sp³-hybridized carbons (Fsp3) is 0.200. The minimum atomic E-state index is 0.765. The minimum Gasteiger partial charge on any atom is -0.444 e. The zero-order valence-electron chi connectivity index (χ0n) is 11.5. The first-order valence-corrected chi connectivity index (χ1v) is 6.44. The maximum absolute atomic E-state index is 5.26. The van der Waals surface area contributed by atoms with E-state index in [1.165, 1.54) is 17.7 Å². The Balaban J connectivity index is 1.68. The fourth-order valence-electron chi connectivity index (χ4n) is 2.03. The quantitative estimate of drug-likeness (QED) is 0.790. The smallest absolute Gasteiger partial charge is 0.181 e. The lowest BCUT2D eigenvalue weighted by Crippen LogP contribution is -2.01. The fourth-order valence-corrected chi connectivity index (χ4v) is 2.03. The van der Waals surface area contributed by atoms with Crippen molar-refractivity contribution in [2.75, 3.05) is 5.32 Å². The monoisotopic (exact) mass is 268 g/mol. The van der Waals surface area contributed by atoms with Crippen LogP contribution in [0.25, 0.3) is 11.3 Å². The number of hydrogen-bond acceptors (Lipinski definition) is 4. The molecule has 5 heteroatoms. The van der Waals surface area contributed by atoms with E-state index in [0.29, 0.717) is 0 Å². The molecule has 0 aliphatic rings. The van der Waals surface area contributed by atoms with Gasteiger partial charge in [-0.15, -0.1) is 0 Å². The topological polar surface area (TPSA) is 55.9 Å². The third-order valence-corrected chi connectivity index (χ3v) is 3.42. The zero-order chi connectivity index (χ0) is 13.9. The molecule has 0 bridgehead atoms. The van der Waals surface area contributed by atoms with Crippen molar-refractivity contribution in [1.82, 2.24) is 14.8 Å². The summed E-state index contributed by atoms with van der Waals surface area (Å²) >= 11 is 0. The van der Waals surface area contributed by atoms with Crippen molar-refractivity contribution in [3.8, 4) is 11.3 Å². The number of aryl methyl sites for hydroxylation is 1. The molecule has 0 aliphatic carbocycles. The van der Waals surface area contributed by atoms with E-state index in [4.69, 9.17) is 4.42 Å². The molecule has 0 radical (unpaired) electrons. The maximum atomic E-state index is 5.26. The van der Waals surface area contributed by atoms with E-state index in [9.17, 15) is 0 Å². The lowest BCUT2D eigenvalue weighted by Gasteiger charge is -2.06. The van der Waals surface area contributed by atoms with Gasteiger partial charge >= 0.3 is 0 Å². The Hall–Kier alpha value is -2.56. The SMILES string of the molecule is Cc1c(CNc2ccc(-c3cnco3)cc2)cnn1C. The Labute approximate surface area is 117 Å². The highest BCUT2D eigenvalue weighted by molar-refractivity contribution is 5.60. The lowest BCUT2D eigenvalue weighted by atomic mass is 10.1. The summed E-state index contributed by atoms with van der Waals surface area (Å²) in [6, 6.07) is 8.09. The molecule has 0 unspecified atom stereocenters. The number of anilines is 1. The van der Waals surface area contributed by atoms with Crippen molar-refractivity contribution in [3.05, 3.63) is 54.3 Å². The summed E-state index contributed by atoms with van der Waals surface area (Å²) in [5, 5.41) is 7.62. The van der Waals surface area contributed by atoms with E-state index < -0.39 is 0 Å². The van der Waals surface area contributed by atoms with Gasteiger partial charge in [0.05, 0.1) is 12.4 Å². The number of rotatable bonds is 4. The molecule has 2 aromatic heterocycles. The minimum absolute atomic E-state index is 0.765. The summed E-state index contributed by atoms with van der Waals surface area (Å²) in [6.07, 6.45) is 5.04. The molecular formula is C15H16N4O. The first-order valence-electron chi connectivity index (χ1n) is 6.44. The summed E-state index contributed by atoms with van der Waals surface area (Å²) in [7, 11) is 1.95. The third kappa shape index (κ3) is 2.42. The van der Waals surface area contributed by atoms with Crippen LogP contribution in [0.3, 0.4) is 0 Å². The van der Waals surface area contributed by atoms with E-state index >= 15 is 0 Å². The molecule has 1 aromatic carbocycles. The molecule has 1 N–H and O–H groups in total. The van der Waals surface area contributed by atoms with Crippen LogP contribution < -0.4 is 5.32 Å².